The lowest BCUT2D eigenvalue weighted by Gasteiger charge is -2.13. The van der Waals surface area contributed by atoms with Crippen molar-refractivity contribution in [2.45, 2.75) is 32.2 Å². The first-order valence-electron chi connectivity index (χ1n) is 10.7. The van der Waals surface area contributed by atoms with E-state index in [1.165, 1.54) is 0 Å². The number of amides is 1. The Labute approximate surface area is 184 Å². The van der Waals surface area contributed by atoms with Gasteiger partial charge in [-0.05, 0) is 13.0 Å². The van der Waals surface area contributed by atoms with Crippen molar-refractivity contribution >= 4 is 18.2 Å². The van der Waals surface area contributed by atoms with E-state index in [2.05, 4.69) is 10.6 Å². The molecule has 1 amide bonds. The molecule has 0 radical (unpaired) electrons. The average molecular weight is 451 g/mol. The number of hydrogen-bond acceptors (Lipinski definition) is 9. The van der Waals surface area contributed by atoms with E-state index in [1.807, 2.05) is 6.92 Å². The summed E-state index contributed by atoms with van der Waals surface area (Å²) in [5.41, 5.74) is 0. The molecule has 0 aromatic carbocycles. The van der Waals surface area contributed by atoms with Crippen LogP contribution in [0.3, 0.4) is 0 Å². The van der Waals surface area contributed by atoms with E-state index in [-0.39, 0.29) is 25.9 Å². The van der Waals surface area contributed by atoms with Gasteiger partial charge in [-0.3, -0.25) is 4.79 Å². The Hall–Kier alpha value is -1.63. The number of carboxylic acid groups (broad SMARTS) is 1. The summed E-state index contributed by atoms with van der Waals surface area (Å²) in [5.74, 6) is -1.60. The van der Waals surface area contributed by atoms with Crippen molar-refractivity contribution in [3.05, 3.63) is 0 Å². The summed E-state index contributed by atoms with van der Waals surface area (Å²) in [6.45, 7) is 8.30. The number of carbonyl (C=O) groups is 3. The van der Waals surface area contributed by atoms with E-state index < -0.39 is 17.9 Å². The van der Waals surface area contributed by atoms with Crippen LogP contribution in [0.2, 0.25) is 0 Å². The molecule has 1 atom stereocenters. The molecule has 0 rings (SSSR count). The summed E-state index contributed by atoms with van der Waals surface area (Å²) in [6.07, 6.45) is 0.802. The van der Waals surface area contributed by atoms with E-state index in [1.54, 1.807) is 0 Å². The summed E-state index contributed by atoms with van der Waals surface area (Å²) in [5, 5.41) is 14.5. The summed E-state index contributed by atoms with van der Waals surface area (Å²) in [6, 6.07) is -1.06. The fourth-order valence-electron chi connectivity index (χ4n) is 2.23. The molecule has 0 spiro atoms. The van der Waals surface area contributed by atoms with E-state index in [0.29, 0.717) is 65.7 Å². The minimum atomic E-state index is -1.16. The third-order valence-corrected chi connectivity index (χ3v) is 3.84. The minimum absolute atomic E-state index is 0.0364. The second kappa shape index (κ2) is 23.0. The SMILES string of the molecule is CCNCCOCCOCCOCCOCCOCCC(=O)NC(CCC=O)C(=O)O. The smallest absolute Gasteiger partial charge is 0.326 e. The molecule has 0 aliphatic heterocycles. The van der Waals surface area contributed by atoms with Gasteiger partial charge in [-0.2, -0.15) is 0 Å². The van der Waals surface area contributed by atoms with Crippen LogP contribution in [-0.4, -0.2) is 108 Å². The number of rotatable bonds is 24. The molecule has 0 aliphatic carbocycles. The fourth-order valence-corrected chi connectivity index (χ4v) is 2.23. The normalized spacial score (nSPS) is 11.9. The van der Waals surface area contributed by atoms with Crippen molar-refractivity contribution in [2.24, 2.45) is 0 Å². The van der Waals surface area contributed by atoms with Gasteiger partial charge in [-0.1, -0.05) is 6.92 Å². The Morgan fingerprint density at radius 2 is 1.32 bits per heavy atom. The van der Waals surface area contributed by atoms with E-state index in [0.717, 1.165) is 13.1 Å². The molecule has 11 nitrogen and oxygen atoms in total. The van der Waals surface area contributed by atoms with E-state index in [4.69, 9.17) is 28.8 Å². The van der Waals surface area contributed by atoms with Gasteiger partial charge in [0.25, 0.3) is 0 Å². The third kappa shape index (κ3) is 21.4. The van der Waals surface area contributed by atoms with Gasteiger partial charge in [0.15, 0.2) is 0 Å². The maximum atomic E-state index is 11.7. The van der Waals surface area contributed by atoms with Gasteiger partial charge < -0.3 is 44.2 Å². The van der Waals surface area contributed by atoms with Crippen molar-refractivity contribution < 1.29 is 43.2 Å². The Bertz CT molecular complexity index is 452. The first-order valence-corrected chi connectivity index (χ1v) is 10.7. The topological polar surface area (TPSA) is 142 Å². The summed E-state index contributed by atoms with van der Waals surface area (Å²) < 4.78 is 26.7. The molecular formula is C20H38N2O9. The number of ether oxygens (including phenoxy) is 5. The predicted octanol–water partition coefficient (Wildman–Crippen LogP) is -0.382. The van der Waals surface area contributed by atoms with Gasteiger partial charge >= 0.3 is 5.97 Å². The Morgan fingerprint density at radius 3 is 1.77 bits per heavy atom. The zero-order valence-corrected chi connectivity index (χ0v) is 18.5. The van der Waals surface area contributed by atoms with Crippen molar-refractivity contribution in [3.8, 4) is 0 Å². The highest BCUT2D eigenvalue weighted by molar-refractivity contribution is 5.83. The highest BCUT2D eigenvalue weighted by atomic mass is 16.6. The second-order valence-electron chi connectivity index (χ2n) is 6.37. The van der Waals surface area contributed by atoms with Crippen LogP contribution in [-0.2, 0) is 38.1 Å². The molecule has 0 saturated heterocycles. The van der Waals surface area contributed by atoms with E-state index in [9.17, 15) is 14.4 Å². The maximum Gasteiger partial charge on any atom is 0.326 e. The zero-order chi connectivity index (χ0) is 23.0. The molecular weight excluding hydrogens is 412 g/mol. The number of aliphatic carboxylic acids is 1. The first kappa shape index (κ1) is 29.4. The maximum absolute atomic E-state index is 11.7. The van der Waals surface area contributed by atoms with Crippen LogP contribution >= 0.6 is 0 Å². The van der Waals surface area contributed by atoms with Gasteiger partial charge in [0, 0.05) is 19.4 Å². The second-order valence-corrected chi connectivity index (χ2v) is 6.37. The molecule has 0 bridgehead atoms. The van der Waals surface area contributed by atoms with Crippen molar-refractivity contribution in [2.75, 3.05) is 79.2 Å². The van der Waals surface area contributed by atoms with Crippen LogP contribution in [0.4, 0.5) is 0 Å². The van der Waals surface area contributed by atoms with Crippen molar-refractivity contribution in [1.82, 2.24) is 10.6 Å². The largest absolute Gasteiger partial charge is 0.480 e. The van der Waals surface area contributed by atoms with E-state index >= 15 is 0 Å². The van der Waals surface area contributed by atoms with Crippen molar-refractivity contribution in [3.63, 3.8) is 0 Å². The number of likely N-dealkylation sites (N-methyl/N-ethyl adjacent to an activating group) is 1. The lowest BCUT2D eigenvalue weighted by Crippen LogP contribution is -2.41. The molecule has 0 saturated carbocycles. The Kier molecular flexibility index (Phi) is 21.8. The molecule has 1 unspecified atom stereocenters. The molecule has 0 aliphatic rings. The molecule has 0 heterocycles. The molecule has 0 fully saturated rings. The molecule has 0 aromatic heterocycles. The van der Waals surface area contributed by atoms with Crippen LogP contribution in [0.25, 0.3) is 0 Å². The van der Waals surface area contributed by atoms with Crippen LogP contribution < -0.4 is 10.6 Å². The zero-order valence-electron chi connectivity index (χ0n) is 18.5. The fraction of sp³-hybridized carbons (Fsp3) is 0.850. The van der Waals surface area contributed by atoms with Crippen molar-refractivity contribution in [1.29, 1.82) is 0 Å². The summed E-state index contributed by atoms with van der Waals surface area (Å²) in [4.78, 5) is 33.0. The van der Waals surface area contributed by atoms with Gasteiger partial charge in [0.1, 0.15) is 12.3 Å². The average Bonchev–Trinajstić information content (AvgIpc) is 2.75. The molecule has 182 valence electrons. The first-order chi connectivity index (χ1) is 15.1. The minimum Gasteiger partial charge on any atom is -0.480 e. The lowest BCUT2D eigenvalue weighted by molar-refractivity contribution is -0.142. The molecule has 0 aromatic rings. The highest BCUT2D eigenvalue weighted by Crippen LogP contribution is 1.97. The molecule has 31 heavy (non-hydrogen) atoms. The summed E-state index contributed by atoms with van der Waals surface area (Å²) >= 11 is 0. The van der Waals surface area contributed by atoms with Gasteiger partial charge in [0.2, 0.25) is 5.91 Å². The van der Waals surface area contributed by atoms with Crippen LogP contribution in [0, 0.1) is 0 Å². The van der Waals surface area contributed by atoms with Gasteiger partial charge in [0.05, 0.1) is 66.1 Å². The number of aldehydes is 1. The highest BCUT2D eigenvalue weighted by Gasteiger charge is 2.18. The number of carboxylic acids is 1. The lowest BCUT2D eigenvalue weighted by atomic mass is 10.1. The van der Waals surface area contributed by atoms with Crippen LogP contribution in [0.1, 0.15) is 26.2 Å². The number of nitrogens with one attached hydrogen (secondary N) is 2. The Balaban J connectivity index is 3.33. The van der Waals surface area contributed by atoms with Gasteiger partial charge in [-0.15, -0.1) is 0 Å². The monoisotopic (exact) mass is 450 g/mol. The molecule has 11 heteroatoms. The predicted molar refractivity (Wildman–Crippen MR) is 112 cm³/mol. The number of hydrogen-bond donors (Lipinski definition) is 3. The standard InChI is InChI=1S/C20H38N2O9/c1-2-21-6-9-28-11-13-30-15-17-31-16-14-29-12-10-27-8-5-19(24)22-18(20(25)26)4-3-7-23/h7,18,21H,2-6,8-17H2,1H3,(H,22,24)(H,25,26). The third-order valence-electron chi connectivity index (χ3n) is 3.84. The van der Waals surface area contributed by atoms with Crippen LogP contribution in [0.15, 0.2) is 0 Å². The molecule has 3 N–H and O–H groups in total. The quantitative estimate of drug-likeness (QED) is 0.132. The number of carbonyl (C=O) groups excluding carboxylic acids is 2. The summed E-state index contributed by atoms with van der Waals surface area (Å²) in [7, 11) is 0. The van der Waals surface area contributed by atoms with Gasteiger partial charge in [-0.25, -0.2) is 4.79 Å². The van der Waals surface area contributed by atoms with Crippen LogP contribution in [0.5, 0.6) is 0 Å². The Morgan fingerprint density at radius 1 is 0.839 bits per heavy atom.